The van der Waals surface area contributed by atoms with Crippen LogP contribution >= 0.6 is 0 Å². The van der Waals surface area contributed by atoms with Crippen molar-refractivity contribution in [3.63, 3.8) is 0 Å². The van der Waals surface area contributed by atoms with E-state index >= 15 is 0 Å². The van der Waals surface area contributed by atoms with Gasteiger partial charge in [-0.3, -0.25) is 0 Å². The lowest BCUT2D eigenvalue weighted by molar-refractivity contribution is 0.935. The summed E-state index contributed by atoms with van der Waals surface area (Å²) in [4.78, 5) is 4.48. The minimum absolute atomic E-state index is 0.730. The summed E-state index contributed by atoms with van der Waals surface area (Å²) in [6.07, 6.45) is 0. The fraction of sp³-hybridized carbons (Fsp3) is 0.250. The number of rotatable bonds is 1. The Labute approximate surface area is 89.6 Å². The second kappa shape index (κ2) is 3.42. The predicted octanol–water partition coefficient (Wildman–Crippen LogP) is 2.29. The number of hydrogen-bond acceptors (Lipinski definition) is 2. The van der Waals surface area contributed by atoms with Crippen molar-refractivity contribution >= 4 is 5.82 Å². The van der Waals surface area contributed by atoms with Crippen LogP contribution in [0.2, 0.25) is 0 Å². The van der Waals surface area contributed by atoms with Gasteiger partial charge in [0, 0.05) is 12.6 Å². The minimum Gasteiger partial charge on any atom is -0.384 e. The second-order valence-corrected chi connectivity index (χ2v) is 3.78. The lowest BCUT2D eigenvalue weighted by atomic mass is 10.1. The van der Waals surface area contributed by atoms with Crippen LogP contribution in [0.25, 0.3) is 11.4 Å². The van der Waals surface area contributed by atoms with Gasteiger partial charge in [-0.2, -0.15) is 0 Å². The summed E-state index contributed by atoms with van der Waals surface area (Å²) in [5.74, 6) is 1.66. The topological polar surface area (TPSA) is 43.8 Å². The van der Waals surface area contributed by atoms with E-state index in [1.54, 1.807) is 0 Å². The Bertz CT molecular complexity index is 498. The fourth-order valence-corrected chi connectivity index (χ4v) is 1.71. The maximum Gasteiger partial charge on any atom is 0.141 e. The van der Waals surface area contributed by atoms with E-state index in [4.69, 9.17) is 5.73 Å². The molecule has 1 aromatic heterocycles. The summed E-state index contributed by atoms with van der Waals surface area (Å²) in [7, 11) is 1.94. The predicted molar refractivity (Wildman–Crippen MR) is 62.5 cm³/mol. The fourth-order valence-electron chi connectivity index (χ4n) is 1.71. The molecule has 1 heterocycles. The largest absolute Gasteiger partial charge is 0.384 e. The Hall–Kier alpha value is -1.77. The van der Waals surface area contributed by atoms with Crippen molar-refractivity contribution in [3.8, 4) is 11.4 Å². The number of aromatic nitrogens is 2. The van der Waals surface area contributed by atoms with E-state index in [2.05, 4.69) is 24.0 Å². The summed E-state index contributed by atoms with van der Waals surface area (Å²) >= 11 is 0. The van der Waals surface area contributed by atoms with Gasteiger partial charge in [-0.05, 0) is 19.4 Å². The van der Waals surface area contributed by atoms with Crippen LogP contribution < -0.4 is 5.73 Å². The Morgan fingerprint density at radius 1 is 1.20 bits per heavy atom. The average molecular weight is 201 g/mol. The molecule has 2 N–H and O–H groups in total. The highest BCUT2D eigenvalue weighted by Crippen LogP contribution is 2.24. The standard InChI is InChI=1S/C12H15N3/c1-8-6-4-5-7-10(8)12-14-9(2)11(13)15(12)3/h4-7H,13H2,1-3H3. The maximum atomic E-state index is 5.89. The highest BCUT2D eigenvalue weighted by molar-refractivity contribution is 5.63. The first-order chi connectivity index (χ1) is 7.11. The maximum absolute atomic E-state index is 5.89. The Morgan fingerprint density at radius 2 is 1.87 bits per heavy atom. The van der Waals surface area contributed by atoms with Gasteiger partial charge in [0.2, 0.25) is 0 Å². The van der Waals surface area contributed by atoms with Crippen LogP contribution in [-0.4, -0.2) is 9.55 Å². The Morgan fingerprint density at radius 3 is 2.40 bits per heavy atom. The number of benzene rings is 1. The zero-order chi connectivity index (χ0) is 11.0. The molecule has 78 valence electrons. The molecule has 0 aliphatic heterocycles. The van der Waals surface area contributed by atoms with Gasteiger partial charge in [-0.1, -0.05) is 24.3 Å². The SMILES string of the molecule is Cc1ccccc1-c1nc(C)c(N)n1C. The molecule has 3 nitrogen and oxygen atoms in total. The van der Waals surface area contributed by atoms with Crippen molar-refractivity contribution in [1.82, 2.24) is 9.55 Å². The number of imidazole rings is 1. The zero-order valence-electron chi connectivity index (χ0n) is 9.28. The molecule has 0 radical (unpaired) electrons. The molecule has 0 unspecified atom stereocenters. The van der Waals surface area contributed by atoms with Crippen molar-refractivity contribution < 1.29 is 0 Å². The molecule has 0 amide bonds. The molecule has 2 aromatic rings. The first-order valence-corrected chi connectivity index (χ1v) is 4.96. The summed E-state index contributed by atoms with van der Waals surface area (Å²) in [6.45, 7) is 4.01. The summed E-state index contributed by atoms with van der Waals surface area (Å²) in [5, 5.41) is 0. The number of nitrogens with two attached hydrogens (primary N) is 1. The molecule has 1 aromatic carbocycles. The van der Waals surface area contributed by atoms with Crippen LogP contribution in [0, 0.1) is 13.8 Å². The Kier molecular flexibility index (Phi) is 2.23. The molecular weight excluding hydrogens is 186 g/mol. The lowest BCUT2D eigenvalue weighted by Gasteiger charge is -2.05. The van der Waals surface area contributed by atoms with Crippen molar-refractivity contribution in [2.24, 2.45) is 7.05 Å². The molecule has 2 rings (SSSR count). The van der Waals surface area contributed by atoms with E-state index in [1.807, 2.05) is 30.7 Å². The van der Waals surface area contributed by atoms with Gasteiger partial charge in [-0.25, -0.2) is 4.98 Å². The van der Waals surface area contributed by atoms with Gasteiger partial charge in [0.05, 0.1) is 5.69 Å². The quantitative estimate of drug-likeness (QED) is 0.769. The van der Waals surface area contributed by atoms with Gasteiger partial charge in [-0.15, -0.1) is 0 Å². The molecule has 0 atom stereocenters. The van der Waals surface area contributed by atoms with Crippen LogP contribution in [0.1, 0.15) is 11.3 Å². The molecule has 0 aliphatic rings. The number of aryl methyl sites for hydroxylation is 2. The first kappa shape index (κ1) is 9.77. The van der Waals surface area contributed by atoms with Crippen molar-refractivity contribution in [2.75, 3.05) is 5.73 Å². The highest BCUT2D eigenvalue weighted by atomic mass is 15.1. The van der Waals surface area contributed by atoms with Crippen LogP contribution in [-0.2, 0) is 7.05 Å². The van der Waals surface area contributed by atoms with Crippen molar-refractivity contribution in [2.45, 2.75) is 13.8 Å². The van der Waals surface area contributed by atoms with Crippen LogP contribution in [0.3, 0.4) is 0 Å². The van der Waals surface area contributed by atoms with E-state index in [0.29, 0.717) is 0 Å². The van der Waals surface area contributed by atoms with Gasteiger partial charge < -0.3 is 10.3 Å². The van der Waals surface area contributed by atoms with E-state index in [1.165, 1.54) is 5.56 Å². The molecule has 0 aliphatic carbocycles. The molecule has 0 spiro atoms. The number of anilines is 1. The van der Waals surface area contributed by atoms with E-state index in [-0.39, 0.29) is 0 Å². The third-order valence-corrected chi connectivity index (χ3v) is 2.71. The molecule has 0 saturated heterocycles. The molecule has 3 heteroatoms. The minimum atomic E-state index is 0.730. The van der Waals surface area contributed by atoms with Crippen LogP contribution in [0.5, 0.6) is 0 Å². The zero-order valence-corrected chi connectivity index (χ0v) is 9.28. The van der Waals surface area contributed by atoms with E-state index < -0.39 is 0 Å². The summed E-state index contributed by atoms with van der Waals surface area (Å²) in [6, 6.07) is 8.19. The first-order valence-electron chi connectivity index (χ1n) is 4.96. The molecule has 0 bridgehead atoms. The van der Waals surface area contributed by atoms with Gasteiger partial charge in [0.15, 0.2) is 0 Å². The smallest absolute Gasteiger partial charge is 0.141 e. The normalized spacial score (nSPS) is 10.6. The molecule has 0 saturated carbocycles. The average Bonchev–Trinajstić information content (AvgIpc) is 2.47. The second-order valence-electron chi connectivity index (χ2n) is 3.78. The van der Waals surface area contributed by atoms with Gasteiger partial charge in [0.25, 0.3) is 0 Å². The van der Waals surface area contributed by atoms with Crippen molar-refractivity contribution in [3.05, 3.63) is 35.5 Å². The number of nitrogen functional groups attached to an aromatic ring is 1. The third-order valence-electron chi connectivity index (χ3n) is 2.71. The van der Waals surface area contributed by atoms with Gasteiger partial charge >= 0.3 is 0 Å². The van der Waals surface area contributed by atoms with Crippen LogP contribution in [0.4, 0.5) is 5.82 Å². The monoisotopic (exact) mass is 201 g/mol. The number of nitrogens with zero attached hydrogens (tertiary/aromatic N) is 2. The van der Waals surface area contributed by atoms with Crippen LogP contribution in [0.15, 0.2) is 24.3 Å². The Balaban J connectivity index is 2.65. The number of hydrogen-bond donors (Lipinski definition) is 1. The highest BCUT2D eigenvalue weighted by Gasteiger charge is 2.11. The van der Waals surface area contributed by atoms with E-state index in [0.717, 1.165) is 22.9 Å². The molecular formula is C12H15N3. The van der Waals surface area contributed by atoms with Gasteiger partial charge in [0.1, 0.15) is 11.6 Å². The molecule has 0 fully saturated rings. The molecule has 15 heavy (non-hydrogen) atoms. The van der Waals surface area contributed by atoms with E-state index in [9.17, 15) is 0 Å². The van der Waals surface area contributed by atoms with Crippen molar-refractivity contribution in [1.29, 1.82) is 0 Å². The third kappa shape index (κ3) is 1.50. The summed E-state index contributed by atoms with van der Waals surface area (Å²) < 4.78 is 1.93. The lowest BCUT2D eigenvalue weighted by Crippen LogP contribution is -1.99. The summed E-state index contributed by atoms with van der Waals surface area (Å²) in [5.41, 5.74) is 9.13.